The Morgan fingerprint density at radius 2 is 1.68 bits per heavy atom. The summed E-state index contributed by atoms with van der Waals surface area (Å²) in [6.07, 6.45) is 0. The van der Waals surface area contributed by atoms with Gasteiger partial charge >= 0.3 is 0 Å². The van der Waals surface area contributed by atoms with Crippen LogP contribution >= 0.6 is 0 Å². The van der Waals surface area contributed by atoms with Gasteiger partial charge in [0.25, 0.3) is 0 Å². The van der Waals surface area contributed by atoms with Gasteiger partial charge in [-0.25, -0.2) is 0 Å². The molecule has 2 rings (SSSR count). The fraction of sp³-hybridized carbons (Fsp3) is 0.294. The molecule has 0 saturated heterocycles. The Hall–Kier alpha value is -1.80. The number of para-hydroxylation sites is 1. The Morgan fingerprint density at radius 3 is 2.42 bits per heavy atom. The lowest BCUT2D eigenvalue weighted by Crippen LogP contribution is -2.19. The molecular formula is C17H21NO. The molecule has 0 fully saturated rings. The molecule has 2 heteroatoms. The number of benzene rings is 2. The smallest absolute Gasteiger partial charge is 0.122 e. The fourth-order valence-electron chi connectivity index (χ4n) is 2.31. The zero-order valence-corrected chi connectivity index (χ0v) is 11.8. The van der Waals surface area contributed by atoms with Gasteiger partial charge in [0.15, 0.2) is 0 Å². The number of rotatable bonds is 4. The predicted molar refractivity (Wildman–Crippen MR) is 79.3 cm³/mol. The van der Waals surface area contributed by atoms with E-state index in [-0.39, 0.29) is 6.04 Å². The molecule has 0 amide bonds. The second kappa shape index (κ2) is 5.89. The molecule has 19 heavy (non-hydrogen) atoms. The van der Waals surface area contributed by atoms with Gasteiger partial charge in [-0.1, -0.05) is 42.5 Å². The van der Waals surface area contributed by atoms with E-state index >= 15 is 0 Å². The van der Waals surface area contributed by atoms with Gasteiger partial charge < -0.3 is 10.4 Å². The second-order valence-corrected chi connectivity index (χ2v) is 5.04. The van der Waals surface area contributed by atoms with Crippen molar-refractivity contribution in [3.8, 4) is 5.75 Å². The summed E-state index contributed by atoms with van der Waals surface area (Å²) in [5.41, 5.74) is 4.45. The van der Waals surface area contributed by atoms with Gasteiger partial charge in [-0.3, -0.25) is 0 Å². The van der Waals surface area contributed by atoms with Crippen molar-refractivity contribution in [3.05, 3.63) is 64.7 Å². The number of aryl methyl sites for hydroxylation is 2. The van der Waals surface area contributed by atoms with Crippen LogP contribution in [0.3, 0.4) is 0 Å². The van der Waals surface area contributed by atoms with Crippen molar-refractivity contribution in [2.75, 3.05) is 0 Å². The molecule has 0 aliphatic heterocycles. The van der Waals surface area contributed by atoms with Gasteiger partial charge in [0.05, 0.1) is 0 Å². The van der Waals surface area contributed by atoms with Gasteiger partial charge in [0.1, 0.15) is 5.75 Å². The largest absolute Gasteiger partial charge is 0.507 e. The molecule has 2 aromatic rings. The van der Waals surface area contributed by atoms with E-state index < -0.39 is 0 Å². The van der Waals surface area contributed by atoms with Gasteiger partial charge in [-0.05, 0) is 37.5 Å². The van der Waals surface area contributed by atoms with Crippen molar-refractivity contribution in [1.82, 2.24) is 5.32 Å². The highest BCUT2D eigenvalue weighted by Crippen LogP contribution is 2.23. The van der Waals surface area contributed by atoms with Gasteiger partial charge in [-0.15, -0.1) is 0 Å². The Kier molecular flexibility index (Phi) is 4.23. The summed E-state index contributed by atoms with van der Waals surface area (Å²) in [5, 5.41) is 13.5. The normalized spacial score (nSPS) is 12.4. The minimum Gasteiger partial charge on any atom is -0.507 e. The molecule has 0 aromatic heterocycles. The van der Waals surface area contributed by atoms with Crippen molar-refractivity contribution in [2.45, 2.75) is 33.4 Å². The van der Waals surface area contributed by atoms with Gasteiger partial charge in [-0.2, -0.15) is 0 Å². The van der Waals surface area contributed by atoms with Crippen LogP contribution in [0.5, 0.6) is 5.75 Å². The molecule has 0 spiro atoms. The van der Waals surface area contributed by atoms with Crippen LogP contribution in [-0.2, 0) is 6.54 Å². The third-order valence-corrected chi connectivity index (χ3v) is 3.57. The van der Waals surface area contributed by atoms with Crippen molar-refractivity contribution >= 4 is 0 Å². The summed E-state index contributed by atoms with van der Waals surface area (Å²) < 4.78 is 0. The summed E-state index contributed by atoms with van der Waals surface area (Å²) in [6, 6.07) is 14.5. The predicted octanol–water partition coefficient (Wildman–Crippen LogP) is 3.86. The number of phenolic OH excluding ortho intramolecular Hbond substituents is 1. The van der Waals surface area contributed by atoms with Crippen LogP contribution in [0.1, 0.15) is 35.2 Å². The van der Waals surface area contributed by atoms with E-state index in [0.29, 0.717) is 12.3 Å². The minimum absolute atomic E-state index is 0.265. The van der Waals surface area contributed by atoms with Crippen molar-refractivity contribution in [3.63, 3.8) is 0 Å². The van der Waals surface area contributed by atoms with Crippen LogP contribution in [0, 0.1) is 13.8 Å². The van der Waals surface area contributed by atoms with E-state index in [1.165, 1.54) is 11.1 Å². The standard InChI is InChI=1S/C17H21NO/c1-12-7-4-5-10-16(12)14(3)18-11-15-9-6-8-13(2)17(15)19/h4-10,14,18-19H,11H2,1-3H3. The van der Waals surface area contributed by atoms with E-state index in [9.17, 15) is 5.11 Å². The lowest BCUT2D eigenvalue weighted by atomic mass is 10.0. The Bertz CT molecular complexity index is 563. The van der Waals surface area contributed by atoms with E-state index in [4.69, 9.17) is 0 Å². The molecule has 1 atom stereocenters. The molecule has 1 unspecified atom stereocenters. The molecule has 0 heterocycles. The molecule has 0 aliphatic carbocycles. The van der Waals surface area contributed by atoms with Crippen LogP contribution in [-0.4, -0.2) is 5.11 Å². The number of phenols is 1. The highest BCUT2D eigenvalue weighted by Gasteiger charge is 2.09. The summed E-state index contributed by atoms with van der Waals surface area (Å²) >= 11 is 0. The van der Waals surface area contributed by atoms with E-state index in [0.717, 1.165) is 11.1 Å². The van der Waals surface area contributed by atoms with E-state index in [1.54, 1.807) is 0 Å². The first-order valence-corrected chi connectivity index (χ1v) is 6.66. The Labute approximate surface area is 115 Å². The molecule has 0 saturated carbocycles. The topological polar surface area (TPSA) is 32.3 Å². The van der Waals surface area contributed by atoms with Gasteiger partial charge in [0, 0.05) is 18.2 Å². The van der Waals surface area contributed by atoms with Crippen LogP contribution in [0.2, 0.25) is 0 Å². The number of nitrogens with one attached hydrogen (secondary N) is 1. The Morgan fingerprint density at radius 1 is 1.00 bits per heavy atom. The highest BCUT2D eigenvalue weighted by molar-refractivity contribution is 5.39. The van der Waals surface area contributed by atoms with E-state index in [2.05, 4.69) is 43.4 Å². The maximum Gasteiger partial charge on any atom is 0.122 e. The molecule has 0 bridgehead atoms. The summed E-state index contributed by atoms with van der Waals surface area (Å²) in [4.78, 5) is 0. The highest BCUT2D eigenvalue weighted by atomic mass is 16.3. The number of hydrogen-bond donors (Lipinski definition) is 2. The lowest BCUT2D eigenvalue weighted by Gasteiger charge is -2.17. The van der Waals surface area contributed by atoms with Crippen molar-refractivity contribution in [1.29, 1.82) is 0 Å². The third-order valence-electron chi connectivity index (χ3n) is 3.57. The third kappa shape index (κ3) is 3.15. The molecule has 0 radical (unpaired) electrons. The monoisotopic (exact) mass is 255 g/mol. The first kappa shape index (κ1) is 13.6. The summed E-state index contributed by atoms with van der Waals surface area (Å²) in [5.74, 6) is 0.395. The SMILES string of the molecule is Cc1ccccc1C(C)NCc1cccc(C)c1O. The molecule has 2 aromatic carbocycles. The average Bonchev–Trinajstić information content (AvgIpc) is 2.40. The zero-order chi connectivity index (χ0) is 13.8. The fourth-order valence-corrected chi connectivity index (χ4v) is 2.31. The number of hydrogen-bond acceptors (Lipinski definition) is 2. The van der Waals surface area contributed by atoms with Crippen LogP contribution in [0.25, 0.3) is 0 Å². The molecule has 2 N–H and O–H groups in total. The first-order chi connectivity index (χ1) is 9.09. The van der Waals surface area contributed by atoms with Crippen LogP contribution in [0.4, 0.5) is 0 Å². The minimum atomic E-state index is 0.265. The lowest BCUT2D eigenvalue weighted by molar-refractivity contribution is 0.456. The summed E-state index contributed by atoms with van der Waals surface area (Å²) in [6.45, 7) is 6.86. The van der Waals surface area contributed by atoms with E-state index in [1.807, 2.05) is 25.1 Å². The maximum absolute atomic E-state index is 10.00. The molecule has 100 valence electrons. The molecular weight excluding hydrogens is 234 g/mol. The first-order valence-electron chi connectivity index (χ1n) is 6.66. The zero-order valence-electron chi connectivity index (χ0n) is 11.8. The molecule has 2 nitrogen and oxygen atoms in total. The van der Waals surface area contributed by atoms with Crippen LogP contribution in [0.15, 0.2) is 42.5 Å². The number of aromatic hydroxyl groups is 1. The average molecular weight is 255 g/mol. The van der Waals surface area contributed by atoms with Gasteiger partial charge in [0.2, 0.25) is 0 Å². The quantitative estimate of drug-likeness (QED) is 0.869. The summed E-state index contributed by atoms with van der Waals surface area (Å²) in [7, 11) is 0. The second-order valence-electron chi connectivity index (χ2n) is 5.04. The van der Waals surface area contributed by atoms with Crippen LogP contribution < -0.4 is 5.32 Å². The van der Waals surface area contributed by atoms with Crippen molar-refractivity contribution in [2.24, 2.45) is 0 Å². The Balaban J connectivity index is 2.07. The molecule has 0 aliphatic rings. The van der Waals surface area contributed by atoms with Crippen molar-refractivity contribution < 1.29 is 5.11 Å². The maximum atomic E-state index is 10.00.